The number of carbonyl (C=O) groups excluding carboxylic acids is 3. The quantitative estimate of drug-likeness (QED) is 0.0199. The van der Waals surface area contributed by atoms with E-state index >= 15 is 0 Å². The molecule has 6 nitrogen and oxygen atoms in total. The Hall–Kier alpha value is -2.63. The smallest absolute Gasteiger partial charge is 0.306 e. The van der Waals surface area contributed by atoms with E-state index in [2.05, 4.69) is 63.3 Å². The molecule has 0 fully saturated rings. The van der Waals surface area contributed by atoms with E-state index in [1.165, 1.54) is 161 Å². The van der Waals surface area contributed by atoms with Gasteiger partial charge in [0.2, 0.25) is 0 Å². The molecule has 0 rings (SSSR count). The van der Waals surface area contributed by atoms with Crippen molar-refractivity contribution in [3.05, 3.63) is 48.6 Å². The maximum Gasteiger partial charge on any atom is 0.306 e. The Morgan fingerprint density at radius 1 is 0.339 bits per heavy atom. The number of carbonyl (C=O) groups is 3. The average Bonchev–Trinajstić information content (AvgIpc) is 3.27. The summed E-state index contributed by atoms with van der Waals surface area (Å²) in [7, 11) is 0. The van der Waals surface area contributed by atoms with Crippen LogP contribution in [-0.2, 0) is 28.6 Å². The lowest BCUT2D eigenvalue weighted by molar-refractivity contribution is -0.166. The summed E-state index contributed by atoms with van der Waals surface area (Å²) in [5, 5.41) is 0. The van der Waals surface area contributed by atoms with Crippen LogP contribution in [0.2, 0.25) is 0 Å². The number of allylic oxidation sites excluding steroid dienone is 8. The van der Waals surface area contributed by atoms with Crippen LogP contribution in [0.3, 0.4) is 0 Å². The second kappa shape index (κ2) is 51.0. The summed E-state index contributed by atoms with van der Waals surface area (Å²) in [6, 6.07) is 0. The fourth-order valence-corrected chi connectivity index (χ4v) is 7.55. The molecule has 0 spiro atoms. The first-order valence-electron chi connectivity index (χ1n) is 26.7. The van der Waals surface area contributed by atoms with Gasteiger partial charge >= 0.3 is 17.9 Å². The fourth-order valence-electron chi connectivity index (χ4n) is 7.55. The number of unbranched alkanes of at least 4 members (excludes halogenated alkanes) is 30. The van der Waals surface area contributed by atoms with E-state index in [-0.39, 0.29) is 37.5 Å². The van der Waals surface area contributed by atoms with Crippen molar-refractivity contribution in [2.45, 2.75) is 277 Å². The van der Waals surface area contributed by atoms with Crippen LogP contribution in [0.25, 0.3) is 0 Å². The van der Waals surface area contributed by atoms with E-state index in [0.29, 0.717) is 19.3 Å². The molecule has 1 unspecified atom stereocenters. The molecular formula is C56H100O6. The molecule has 0 heterocycles. The van der Waals surface area contributed by atoms with Crippen LogP contribution in [-0.4, -0.2) is 37.2 Å². The van der Waals surface area contributed by atoms with Crippen molar-refractivity contribution in [3.63, 3.8) is 0 Å². The van der Waals surface area contributed by atoms with Gasteiger partial charge in [0.05, 0.1) is 0 Å². The third-order valence-corrected chi connectivity index (χ3v) is 11.6. The molecule has 0 aromatic carbocycles. The minimum Gasteiger partial charge on any atom is -0.462 e. The molecule has 0 aliphatic carbocycles. The second-order valence-corrected chi connectivity index (χ2v) is 17.8. The lowest BCUT2D eigenvalue weighted by Gasteiger charge is -2.18. The fraction of sp³-hybridized carbons (Fsp3) is 0.804. The molecule has 0 aliphatic heterocycles. The highest BCUT2D eigenvalue weighted by molar-refractivity contribution is 5.71. The third-order valence-electron chi connectivity index (χ3n) is 11.6. The summed E-state index contributed by atoms with van der Waals surface area (Å²) in [5.74, 6) is -0.966. The van der Waals surface area contributed by atoms with Crippen molar-refractivity contribution in [2.24, 2.45) is 0 Å². The van der Waals surface area contributed by atoms with E-state index in [9.17, 15) is 14.4 Å². The van der Waals surface area contributed by atoms with Gasteiger partial charge in [0.1, 0.15) is 13.2 Å². The lowest BCUT2D eigenvalue weighted by atomic mass is 10.0. The largest absolute Gasteiger partial charge is 0.462 e. The van der Waals surface area contributed by atoms with E-state index in [1.807, 2.05) is 6.08 Å². The van der Waals surface area contributed by atoms with Crippen molar-refractivity contribution in [1.29, 1.82) is 0 Å². The van der Waals surface area contributed by atoms with Gasteiger partial charge in [0, 0.05) is 19.3 Å². The van der Waals surface area contributed by atoms with E-state index < -0.39 is 6.10 Å². The highest BCUT2D eigenvalue weighted by Gasteiger charge is 2.19. The SMILES string of the molecule is CCCCC/C=C/C=C/CCCCCCCCC(=O)OC(COC(=O)CC/C=C/C/C=C/CCCCCCCC)COC(=O)CCCCCCCCCCCCCCCCCC. The Morgan fingerprint density at radius 3 is 1.11 bits per heavy atom. The van der Waals surface area contributed by atoms with Gasteiger partial charge in [-0.1, -0.05) is 236 Å². The second-order valence-electron chi connectivity index (χ2n) is 17.8. The van der Waals surface area contributed by atoms with Crippen molar-refractivity contribution in [2.75, 3.05) is 13.2 Å². The summed E-state index contributed by atoms with van der Waals surface area (Å²) >= 11 is 0. The lowest BCUT2D eigenvalue weighted by Crippen LogP contribution is -2.30. The monoisotopic (exact) mass is 869 g/mol. The van der Waals surface area contributed by atoms with Crippen LogP contribution in [0.4, 0.5) is 0 Å². The summed E-state index contributed by atoms with van der Waals surface area (Å²) in [6.07, 6.45) is 61.0. The molecule has 0 amide bonds. The molecule has 1 atom stereocenters. The standard InChI is InChI=1S/C56H100O6/c1-4-7-10-13-16-19-22-25-27-29-31-34-37-40-43-46-49-55(58)61-52-53(51-60-54(57)48-45-42-39-36-33-30-24-21-18-15-12-9-6-3)62-56(59)50-47-44-41-38-35-32-28-26-23-20-17-14-11-8-5-2/h17,20,23,26,30,33,39,42,53H,4-16,18-19,21-22,24-25,27-29,31-32,34-38,40-41,43-52H2,1-3H3/b20-17+,26-23+,33-30+,42-39+. The van der Waals surface area contributed by atoms with Gasteiger partial charge in [-0.25, -0.2) is 0 Å². The number of rotatable bonds is 48. The van der Waals surface area contributed by atoms with Crippen molar-refractivity contribution < 1.29 is 28.6 Å². The molecule has 62 heavy (non-hydrogen) atoms. The Labute approximate surface area is 384 Å². The summed E-state index contributed by atoms with van der Waals surface area (Å²) in [4.78, 5) is 38.0. The van der Waals surface area contributed by atoms with Crippen molar-refractivity contribution in [3.8, 4) is 0 Å². The van der Waals surface area contributed by atoms with Gasteiger partial charge in [-0.05, 0) is 64.2 Å². The highest BCUT2D eigenvalue weighted by Crippen LogP contribution is 2.15. The average molecular weight is 869 g/mol. The Bertz CT molecular complexity index is 1090. The zero-order valence-electron chi connectivity index (χ0n) is 41.1. The van der Waals surface area contributed by atoms with Gasteiger partial charge in [0.15, 0.2) is 6.10 Å². The molecule has 0 radical (unpaired) electrons. The van der Waals surface area contributed by atoms with Crippen LogP contribution in [0.5, 0.6) is 0 Å². The maximum absolute atomic E-state index is 12.8. The third kappa shape index (κ3) is 48.4. The molecule has 0 N–H and O–H groups in total. The van der Waals surface area contributed by atoms with E-state index in [0.717, 1.165) is 64.2 Å². The molecule has 0 aromatic heterocycles. The molecule has 0 aromatic rings. The first-order chi connectivity index (χ1) is 30.5. The minimum atomic E-state index is -0.798. The topological polar surface area (TPSA) is 78.9 Å². The van der Waals surface area contributed by atoms with Crippen LogP contribution >= 0.6 is 0 Å². The molecule has 360 valence electrons. The maximum atomic E-state index is 12.8. The number of ether oxygens (including phenoxy) is 3. The summed E-state index contributed by atoms with van der Waals surface area (Å²) in [6.45, 7) is 6.56. The van der Waals surface area contributed by atoms with Crippen molar-refractivity contribution >= 4 is 17.9 Å². The number of hydrogen-bond acceptors (Lipinski definition) is 6. The summed E-state index contributed by atoms with van der Waals surface area (Å²) in [5.41, 5.74) is 0. The molecule has 6 heteroatoms. The Morgan fingerprint density at radius 2 is 0.661 bits per heavy atom. The Kier molecular flexibility index (Phi) is 48.8. The first kappa shape index (κ1) is 59.4. The van der Waals surface area contributed by atoms with E-state index in [4.69, 9.17) is 14.2 Å². The molecule has 0 bridgehead atoms. The molecule has 0 aliphatic rings. The van der Waals surface area contributed by atoms with E-state index in [1.54, 1.807) is 0 Å². The van der Waals surface area contributed by atoms with Crippen LogP contribution in [0, 0.1) is 0 Å². The number of esters is 3. The Balaban J connectivity index is 4.42. The molecular weight excluding hydrogens is 769 g/mol. The van der Waals surface area contributed by atoms with Crippen molar-refractivity contribution in [1.82, 2.24) is 0 Å². The predicted octanol–water partition coefficient (Wildman–Crippen LogP) is 17.5. The van der Waals surface area contributed by atoms with Gasteiger partial charge < -0.3 is 14.2 Å². The van der Waals surface area contributed by atoms with Crippen LogP contribution in [0.15, 0.2) is 48.6 Å². The highest BCUT2D eigenvalue weighted by atomic mass is 16.6. The van der Waals surface area contributed by atoms with Crippen LogP contribution < -0.4 is 0 Å². The zero-order valence-corrected chi connectivity index (χ0v) is 41.1. The van der Waals surface area contributed by atoms with Gasteiger partial charge in [-0.2, -0.15) is 0 Å². The summed E-state index contributed by atoms with van der Waals surface area (Å²) < 4.78 is 16.7. The normalized spacial score (nSPS) is 12.4. The minimum absolute atomic E-state index is 0.0925. The van der Waals surface area contributed by atoms with Gasteiger partial charge in [-0.15, -0.1) is 0 Å². The van der Waals surface area contributed by atoms with Gasteiger partial charge in [-0.3, -0.25) is 14.4 Å². The van der Waals surface area contributed by atoms with Gasteiger partial charge in [0.25, 0.3) is 0 Å². The number of hydrogen-bond donors (Lipinski definition) is 0. The van der Waals surface area contributed by atoms with Crippen LogP contribution in [0.1, 0.15) is 271 Å². The first-order valence-corrected chi connectivity index (χ1v) is 26.7. The molecule has 0 saturated heterocycles. The zero-order chi connectivity index (χ0) is 45.1. The molecule has 0 saturated carbocycles. The predicted molar refractivity (Wildman–Crippen MR) is 265 cm³/mol.